The molecule has 0 aromatic carbocycles. The van der Waals surface area contributed by atoms with Gasteiger partial charge in [0.05, 0.1) is 7.11 Å². The van der Waals surface area contributed by atoms with Crippen molar-refractivity contribution in [2.45, 2.75) is 13.0 Å². The number of aromatic amines is 1. The quantitative estimate of drug-likeness (QED) is 0.667. The zero-order chi connectivity index (χ0) is 13.9. The number of alkyl halides is 4. The van der Waals surface area contributed by atoms with E-state index in [9.17, 15) is 27.2 Å². The fourth-order valence-electron chi connectivity index (χ4n) is 1.17. The highest BCUT2D eigenvalue weighted by Crippen LogP contribution is 2.28. The molecule has 1 aromatic rings. The molecule has 0 bridgehead atoms. The second-order valence-corrected chi connectivity index (χ2v) is 3.02. The molecular weight excluding hydrogens is 262 g/mol. The van der Waals surface area contributed by atoms with Gasteiger partial charge in [0, 0.05) is 11.8 Å². The van der Waals surface area contributed by atoms with Gasteiger partial charge in [0.2, 0.25) is 0 Å². The summed E-state index contributed by atoms with van der Waals surface area (Å²) in [4.78, 5) is 24.4. The second-order valence-electron chi connectivity index (χ2n) is 3.02. The molecule has 9 heteroatoms. The van der Waals surface area contributed by atoms with Crippen molar-refractivity contribution in [1.82, 2.24) is 4.98 Å². The number of halogens is 4. The normalized spacial score (nSPS) is 11.2. The molecule has 0 aliphatic carbocycles. The number of ether oxygens (including phenoxy) is 2. The van der Waals surface area contributed by atoms with E-state index in [0.29, 0.717) is 6.20 Å². The maximum absolute atomic E-state index is 12.5. The maximum atomic E-state index is 12.5. The molecule has 0 aliphatic heterocycles. The lowest BCUT2D eigenvalue weighted by molar-refractivity contribution is -0.275. The van der Waals surface area contributed by atoms with Crippen LogP contribution in [0.15, 0.2) is 11.0 Å². The number of nitrogens with one attached hydrogen (secondary N) is 1. The third-order valence-corrected chi connectivity index (χ3v) is 1.87. The van der Waals surface area contributed by atoms with Gasteiger partial charge in [0.25, 0.3) is 5.56 Å². The van der Waals surface area contributed by atoms with E-state index in [-0.39, 0.29) is 0 Å². The summed E-state index contributed by atoms with van der Waals surface area (Å²) in [6.07, 6.45) is -4.48. The highest BCUT2D eigenvalue weighted by molar-refractivity contribution is 5.92. The molecule has 0 amide bonds. The van der Waals surface area contributed by atoms with Crippen LogP contribution in [0.2, 0.25) is 0 Å². The summed E-state index contributed by atoms with van der Waals surface area (Å²) in [5.41, 5.74) is -2.82. The molecule has 1 heterocycles. The molecule has 1 rings (SSSR count). The van der Waals surface area contributed by atoms with Crippen LogP contribution in [0.3, 0.4) is 0 Å². The highest BCUT2D eigenvalue weighted by Gasteiger charge is 2.35. The van der Waals surface area contributed by atoms with Gasteiger partial charge >= 0.3 is 12.3 Å². The summed E-state index contributed by atoms with van der Waals surface area (Å²) in [6, 6.07) is 0. The summed E-state index contributed by atoms with van der Waals surface area (Å²) in [5.74, 6) is -2.55. The van der Waals surface area contributed by atoms with Crippen LogP contribution >= 0.6 is 0 Å². The first kappa shape index (κ1) is 14.0. The molecule has 0 aliphatic rings. The van der Waals surface area contributed by atoms with E-state index in [0.717, 1.165) is 7.11 Å². The summed E-state index contributed by atoms with van der Waals surface area (Å²) in [5, 5.41) is 0. The molecule has 18 heavy (non-hydrogen) atoms. The van der Waals surface area contributed by atoms with Gasteiger partial charge in [-0.25, -0.2) is 9.18 Å². The minimum absolute atomic E-state index is 0.618. The summed E-state index contributed by atoms with van der Waals surface area (Å²) in [6.45, 7) is -1.35. The summed E-state index contributed by atoms with van der Waals surface area (Å²) in [7, 11) is 0.862. The van der Waals surface area contributed by atoms with Crippen molar-refractivity contribution in [3.8, 4) is 5.75 Å². The van der Waals surface area contributed by atoms with Gasteiger partial charge in [-0.1, -0.05) is 0 Å². The molecule has 0 unspecified atom stereocenters. The number of H-pyrrole nitrogens is 1. The molecule has 1 aromatic heterocycles. The SMILES string of the molecule is COC(=O)c1c(OC(F)(F)F)c(CF)c[nH]c1=O. The van der Waals surface area contributed by atoms with Crippen LogP contribution in [0.1, 0.15) is 15.9 Å². The number of aromatic nitrogens is 1. The van der Waals surface area contributed by atoms with E-state index in [1.54, 1.807) is 0 Å². The molecule has 0 fully saturated rings. The first-order valence-electron chi connectivity index (χ1n) is 4.44. The number of hydrogen-bond acceptors (Lipinski definition) is 4. The van der Waals surface area contributed by atoms with Crippen LogP contribution < -0.4 is 10.3 Å². The van der Waals surface area contributed by atoms with Gasteiger partial charge in [-0.15, -0.1) is 13.2 Å². The summed E-state index contributed by atoms with van der Waals surface area (Å²) >= 11 is 0. The van der Waals surface area contributed by atoms with E-state index in [2.05, 4.69) is 9.47 Å². The highest BCUT2D eigenvalue weighted by atomic mass is 19.4. The molecule has 100 valence electrons. The Balaban J connectivity index is 3.46. The topological polar surface area (TPSA) is 68.4 Å². The molecular formula is C9H7F4NO4. The molecule has 0 spiro atoms. The van der Waals surface area contributed by atoms with Crippen LogP contribution in [-0.2, 0) is 11.4 Å². The van der Waals surface area contributed by atoms with Crippen molar-refractivity contribution in [2.75, 3.05) is 7.11 Å². The number of rotatable bonds is 3. The van der Waals surface area contributed by atoms with Gasteiger partial charge < -0.3 is 14.5 Å². The summed E-state index contributed by atoms with van der Waals surface area (Å²) < 4.78 is 56.5. The Kier molecular flexibility index (Phi) is 3.94. The molecule has 1 N–H and O–H groups in total. The number of carbonyl (C=O) groups excluding carboxylic acids is 1. The van der Waals surface area contributed by atoms with E-state index in [4.69, 9.17) is 0 Å². The Bertz CT molecular complexity index is 508. The van der Waals surface area contributed by atoms with Gasteiger partial charge in [0.1, 0.15) is 6.67 Å². The minimum atomic E-state index is -5.17. The Morgan fingerprint density at radius 2 is 2.06 bits per heavy atom. The van der Waals surface area contributed by atoms with Crippen molar-refractivity contribution in [1.29, 1.82) is 0 Å². The molecule has 5 nitrogen and oxygen atoms in total. The number of hydrogen-bond donors (Lipinski definition) is 1. The zero-order valence-corrected chi connectivity index (χ0v) is 8.93. The number of pyridine rings is 1. The third-order valence-electron chi connectivity index (χ3n) is 1.87. The predicted octanol–water partition coefficient (Wildman–Crippen LogP) is 1.53. The number of methoxy groups -OCH3 is 1. The average molecular weight is 269 g/mol. The maximum Gasteiger partial charge on any atom is 0.573 e. The smallest absolute Gasteiger partial charge is 0.465 e. The molecule has 0 radical (unpaired) electrons. The van der Waals surface area contributed by atoms with Gasteiger partial charge in [0.15, 0.2) is 11.3 Å². The van der Waals surface area contributed by atoms with Crippen molar-refractivity contribution in [3.05, 3.63) is 27.7 Å². The Morgan fingerprint density at radius 3 is 2.50 bits per heavy atom. The number of carbonyl (C=O) groups is 1. The van der Waals surface area contributed by atoms with Gasteiger partial charge in [-0.05, 0) is 0 Å². The van der Waals surface area contributed by atoms with Crippen LogP contribution in [0, 0.1) is 0 Å². The van der Waals surface area contributed by atoms with E-state index in [1.165, 1.54) is 0 Å². The van der Waals surface area contributed by atoms with E-state index >= 15 is 0 Å². The lowest BCUT2D eigenvalue weighted by atomic mass is 10.2. The molecule has 0 saturated heterocycles. The average Bonchev–Trinajstić information content (AvgIpc) is 2.27. The predicted molar refractivity (Wildman–Crippen MR) is 49.9 cm³/mol. The monoisotopic (exact) mass is 269 g/mol. The molecule has 0 atom stereocenters. The standard InChI is InChI=1S/C9H7F4NO4/c1-17-8(16)5-6(18-9(11,12)13)4(2-10)3-14-7(5)15/h3H,2H2,1H3,(H,14,15). The van der Waals surface area contributed by atoms with Crippen molar-refractivity contribution >= 4 is 5.97 Å². The first-order chi connectivity index (χ1) is 8.30. The molecule has 0 saturated carbocycles. The fourth-order valence-corrected chi connectivity index (χ4v) is 1.17. The second kappa shape index (κ2) is 5.07. The van der Waals surface area contributed by atoms with Crippen LogP contribution in [-0.4, -0.2) is 24.4 Å². The van der Waals surface area contributed by atoms with Gasteiger partial charge in [-0.2, -0.15) is 0 Å². The van der Waals surface area contributed by atoms with Crippen LogP contribution in [0.5, 0.6) is 5.75 Å². The van der Waals surface area contributed by atoms with Crippen LogP contribution in [0.25, 0.3) is 0 Å². The Morgan fingerprint density at radius 1 is 1.44 bits per heavy atom. The van der Waals surface area contributed by atoms with Crippen molar-refractivity contribution in [2.24, 2.45) is 0 Å². The van der Waals surface area contributed by atoms with E-state index < -0.39 is 41.4 Å². The zero-order valence-electron chi connectivity index (χ0n) is 8.93. The third kappa shape index (κ3) is 2.99. The minimum Gasteiger partial charge on any atom is -0.465 e. The van der Waals surface area contributed by atoms with Crippen LogP contribution in [0.4, 0.5) is 17.6 Å². The van der Waals surface area contributed by atoms with E-state index in [1.807, 2.05) is 4.98 Å². The fraction of sp³-hybridized carbons (Fsp3) is 0.333. The lowest BCUT2D eigenvalue weighted by Crippen LogP contribution is -2.26. The Labute approximate surface area is 97.3 Å². The van der Waals surface area contributed by atoms with Crippen molar-refractivity contribution in [3.63, 3.8) is 0 Å². The first-order valence-corrected chi connectivity index (χ1v) is 4.44. The number of esters is 1. The largest absolute Gasteiger partial charge is 0.573 e. The van der Waals surface area contributed by atoms with Crippen molar-refractivity contribution < 1.29 is 31.8 Å². The lowest BCUT2D eigenvalue weighted by Gasteiger charge is -2.13. The van der Waals surface area contributed by atoms with Gasteiger partial charge in [-0.3, -0.25) is 4.79 Å². The Hall–Kier alpha value is -2.06.